The standard InChI is InChI=1S/C9H14N5O5P/c1-5(19-9(15)20(16,17)18)2-14-4-13-7(10)6-8(14)12-3-11-6/h3-5,9,15H,2,10H2,1H3,(H2,16,17,18). The van der Waals surface area contributed by atoms with Gasteiger partial charge in [-0.05, 0) is 6.92 Å². The third kappa shape index (κ3) is 3.11. The molecule has 0 fully saturated rings. The van der Waals surface area contributed by atoms with Gasteiger partial charge in [-0.2, -0.15) is 0 Å². The van der Waals surface area contributed by atoms with Gasteiger partial charge in [-0.3, -0.25) is 4.57 Å². The van der Waals surface area contributed by atoms with Crippen molar-refractivity contribution in [1.82, 2.24) is 19.5 Å². The number of nitrogens with zero attached hydrogens (tertiary/aromatic N) is 4. The number of anilines is 1. The molecule has 2 rings (SSSR count). The number of ether oxygens (including phenoxy) is 1. The Bertz CT molecular complexity index is 613. The maximum atomic E-state index is 10.8. The molecule has 2 atom stereocenters. The SMILES string of the molecule is CC(Cn1cnc(N)c2ncnc1-2)OC(O)P(=O)(O)O. The summed E-state index contributed by atoms with van der Waals surface area (Å²) in [5.74, 6) is 0.705. The van der Waals surface area contributed by atoms with Crippen LogP contribution in [0.5, 0.6) is 0 Å². The van der Waals surface area contributed by atoms with Crippen LogP contribution < -0.4 is 5.73 Å². The van der Waals surface area contributed by atoms with Crippen LogP contribution in [0.15, 0.2) is 12.7 Å². The van der Waals surface area contributed by atoms with Crippen molar-refractivity contribution >= 4 is 13.4 Å². The zero-order valence-corrected chi connectivity index (χ0v) is 11.4. The van der Waals surface area contributed by atoms with Crippen LogP contribution in [-0.4, -0.2) is 46.5 Å². The van der Waals surface area contributed by atoms with E-state index in [0.717, 1.165) is 0 Å². The lowest BCUT2D eigenvalue weighted by Gasteiger charge is -2.20. The Morgan fingerprint density at radius 3 is 2.80 bits per heavy atom. The van der Waals surface area contributed by atoms with Gasteiger partial charge in [0.05, 0.1) is 19.0 Å². The summed E-state index contributed by atoms with van der Waals surface area (Å²) in [7, 11) is -4.70. The molecule has 5 N–H and O–H groups in total. The maximum Gasteiger partial charge on any atom is 0.381 e. The fourth-order valence-electron chi connectivity index (χ4n) is 1.64. The molecule has 2 aliphatic heterocycles. The second-order valence-electron chi connectivity index (χ2n) is 4.19. The highest BCUT2D eigenvalue weighted by Gasteiger charge is 2.29. The predicted molar refractivity (Wildman–Crippen MR) is 67.4 cm³/mol. The van der Waals surface area contributed by atoms with Gasteiger partial charge in [-0.25, -0.2) is 15.0 Å². The molecule has 0 aromatic heterocycles. The van der Waals surface area contributed by atoms with Crippen molar-refractivity contribution < 1.29 is 24.2 Å². The number of aliphatic hydroxyl groups is 1. The lowest BCUT2D eigenvalue weighted by Crippen LogP contribution is -2.25. The van der Waals surface area contributed by atoms with E-state index in [0.29, 0.717) is 11.5 Å². The first-order chi connectivity index (χ1) is 9.29. The third-order valence-electron chi connectivity index (χ3n) is 2.53. The molecule has 0 radical (unpaired) electrons. The number of hydrogen-bond donors (Lipinski definition) is 4. The Morgan fingerprint density at radius 1 is 1.45 bits per heavy atom. The van der Waals surface area contributed by atoms with Gasteiger partial charge in [0, 0.05) is 0 Å². The zero-order chi connectivity index (χ0) is 14.9. The van der Waals surface area contributed by atoms with E-state index < -0.39 is 19.7 Å². The molecular weight excluding hydrogens is 289 g/mol. The number of hydrogen-bond acceptors (Lipinski definition) is 7. The highest BCUT2D eigenvalue weighted by molar-refractivity contribution is 7.52. The zero-order valence-electron chi connectivity index (χ0n) is 10.5. The quantitative estimate of drug-likeness (QED) is 0.410. The van der Waals surface area contributed by atoms with Crippen LogP contribution in [0.2, 0.25) is 0 Å². The minimum Gasteiger partial charge on any atom is -0.382 e. The Kier molecular flexibility index (Phi) is 4.02. The first-order valence-corrected chi connectivity index (χ1v) is 7.27. The average molecular weight is 303 g/mol. The van der Waals surface area contributed by atoms with E-state index in [1.807, 2.05) is 0 Å². The van der Waals surface area contributed by atoms with Crippen molar-refractivity contribution in [2.45, 2.75) is 25.6 Å². The van der Waals surface area contributed by atoms with E-state index in [1.54, 1.807) is 11.5 Å². The summed E-state index contributed by atoms with van der Waals surface area (Å²) in [6.07, 6.45) is 2.05. The molecule has 20 heavy (non-hydrogen) atoms. The highest BCUT2D eigenvalue weighted by atomic mass is 31.2. The van der Waals surface area contributed by atoms with Gasteiger partial charge in [0.25, 0.3) is 6.03 Å². The number of rotatable bonds is 5. The van der Waals surface area contributed by atoms with Crippen LogP contribution in [0.1, 0.15) is 6.92 Å². The van der Waals surface area contributed by atoms with Crippen LogP contribution in [-0.2, 0) is 15.8 Å². The lowest BCUT2D eigenvalue weighted by atomic mass is 10.3. The summed E-state index contributed by atoms with van der Waals surface area (Å²) in [4.78, 5) is 29.4. The molecule has 2 heterocycles. The molecule has 0 amide bonds. The van der Waals surface area contributed by atoms with Gasteiger partial charge < -0.3 is 29.9 Å². The van der Waals surface area contributed by atoms with Gasteiger partial charge in [-0.15, -0.1) is 0 Å². The summed E-state index contributed by atoms with van der Waals surface area (Å²) in [5, 5.41) is 9.19. The van der Waals surface area contributed by atoms with Crippen LogP contribution in [0.25, 0.3) is 11.5 Å². The second kappa shape index (κ2) is 5.43. The number of aromatic nitrogens is 4. The first kappa shape index (κ1) is 14.8. The summed E-state index contributed by atoms with van der Waals surface area (Å²) in [6.45, 7) is 1.71. The Labute approximate surface area is 113 Å². The molecule has 10 nitrogen and oxygen atoms in total. The van der Waals surface area contributed by atoms with Crippen molar-refractivity contribution in [1.29, 1.82) is 0 Å². The van der Waals surface area contributed by atoms with Crippen molar-refractivity contribution in [3.63, 3.8) is 0 Å². The lowest BCUT2D eigenvalue weighted by molar-refractivity contribution is -0.0936. The highest BCUT2D eigenvalue weighted by Crippen LogP contribution is 2.40. The molecular formula is C9H14N5O5P. The summed E-state index contributed by atoms with van der Waals surface area (Å²) in [5.41, 5.74) is 6.06. The van der Waals surface area contributed by atoms with Gasteiger partial charge in [-0.1, -0.05) is 0 Å². The second-order valence-corrected chi connectivity index (χ2v) is 5.81. The maximum absolute atomic E-state index is 10.8. The van der Waals surface area contributed by atoms with E-state index in [1.165, 1.54) is 12.7 Å². The molecule has 0 aromatic rings. The van der Waals surface area contributed by atoms with Gasteiger partial charge >= 0.3 is 7.60 Å². The van der Waals surface area contributed by atoms with Crippen LogP contribution in [0.4, 0.5) is 5.82 Å². The van der Waals surface area contributed by atoms with Gasteiger partial charge in [0.15, 0.2) is 11.6 Å². The van der Waals surface area contributed by atoms with E-state index in [9.17, 15) is 9.67 Å². The van der Waals surface area contributed by atoms with E-state index in [-0.39, 0.29) is 12.4 Å². The minimum absolute atomic E-state index is 0.166. The average Bonchev–Trinajstić information content (AvgIpc) is 2.81. The normalized spacial score (nSPS) is 15.4. The molecule has 0 aromatic carbocycles. The van der Waals surface area contributed by atoms with Crippen molar-refractivity contribution in [2.75, 3.05) is 5.73 Å². The smallest absolute Gasteiger partial charge is 0.381 e. The molecule has 0 saturated heterocycles. The van der Waals surface area contributed by atoms with Gasteiger partial charge in [0.1, 0.15) is 12.0 Å². The molecule has 0 aliphatic carbocycles. The van der Waals surface area contributed by atoms with E-state index >= 15 is 0 Å². The number of fused-ring (bicyclic) bond motifs is 1. The predicted octanol–water partition coefficient (Wildman–Crippen LogP) is -0.781. The van der Waals surface area contributed by atoms with Crippen molar-refractivity contribution in [3.05, 3.63) is 12.7 Å². The summed E-state index contributed by atoms with van der Waals surface area (Å²) >= 11 is 0. The molecule has 0 saturated carbocycles. The molecule has 110 valence electrons. The van der Waals surface area contributed by atoms with E-state index in [2.05, 4.69) is 15.0 Å². The third-order valence-corrected chi connectivity index (χ3v) is 3.22. The number of imidazole rings is 1. The number of aliphatic hydroxyl groups excluding tert-OH is 1. The Balaban J connectivity index is 2.11. The monoisotopic (exact) mass is 303 g/mol. The molecule has 0 spiro atoms. The largest absolute Gasteiger partial charge is 0.382 e. The van der Waals surface area contributed by atoms with Crippen molar-refractivity contribution in [3.8, 4) is 11.5 Å². The Morgan fingerprint density at radius 2 is 2.15 bits per heavy atom. The number of nitrogen functional groups attached to an aromatic ring is 1. The molecule has 0 bridgehead atoms. The van der Waals surface area contributed by atoms with Crippen LogP contribution in [0, 0.1) is 0 Å². The first-order valence-electron chi connectivity index (χ1n) is 5.59. The molecule has 11 heteroatoms. The number of nitrogens with two attached hydrogens (primary N) is 1. The van der Waals surface area contributed by atoms with E-state index in [4.69, 9.17) is 20.3 Å². The topological polar surface area (TPSA) is 157 Å². The molecule has 2 unspecified atom stereocenters. The minimum atomic E-state index is -4.70. The fraction of sp³-hybridized carbons (Fsp3) is 0.444. The molecule has 2 aliphatic rings. The van der Waals surface area contributed by atoms with Crippen LogP contribution in [0.3, 0.4) is 0 Å². The fourth-order valence-corrected chi connectivity index (χ4v) is 2.01. The van der Waals surface area contributed by atoms with Gasteiger partial charge in [0.2, 0.25) is 0 Å². The summed E-state index contributed by atoms with van der Waals surface area (Å²) in [6, 6.07) is -2.17. The Hall–Kier alpha value is -1.58. The van der Waals surface area contributed by atoms with Crippen molar-refractivity contribution in [2.24, 2.45) is 0 Å². The summed E-state index contributed by atoms with van der Waals surface area (Å²) < 4.78 is 17.2. The van der Waals surface area contributed by atoms with Crippen LogP contribution >= 0.6 is 7.60 Å².